The van der Waals surface area contributed by atoms with Crippen LogP contribution in [0.3, 0.4) is 0 Å². The third-order valence-corrected chi connectivity index (χ3v) is 18.1. The van der Waals surface area contributed by atoms with Crippen LogP contribution in [0.5, 0.6) is 5.75 Å². The number of hydrogen-bond acceptors (Lipinski definition) is 14. The first-order valence-electron chi connectivity index (χ1n) is 26.3. The summed E-state index contributed by atoms with van der Waals surface area (Å²) in [5.74, 6) is 0.208. The van der Waals surface area contributed by atoms with Crippen molar-refractivity contribution in [2.24, 2.45) is 16.7 Å². The minimum atomic E-state index is -0.846. The van der Waals surface area contributed by atoms with Crippen molar-refractivity contribution in [3.63, 3.8) is 0 Å². The molecule has 2 bridgehead atoms. The average molecular weight is 1010 g/mol. The average Bonchev–Trinajstić information content (AvgIpc) is 4.05. The Morgan fingerprint density at radius 1 is 0.863 bits per heavy atom. The van der Waals surface area contributed by atoms with Gasteiger partial charge in [-0.2, -0.15) is 0 Å². The van der Waals surface area contributed by atoms with E-state index in [-0.39, 0.29) is 54.3 Å². The zero-order chi connectivity index (χ0) is 50.8. The van der Waals surface area contributed by atoms with Crippen molar-refractivity contribution in [3.05, 3.63) is 95.3 Å². The van der Waals surface area contributed by atoms with Crippen molar-refractivity contribution in [1.29, 1.82) is 0 Å². The van der Waals surface area contributed by atoms with Gasteiger partial charge in [-0.25, -0.2) is 4.98 Å². The van der Waals surface area contributed by atoms with E-state index in [1.54, 1.807) is 23.8 Å². The van der Waals surface area contributed by atoms with Crippen molar-refractivity contribution in [1.82, 2.24) is 40.6 Å². The Hall–Kier alpha value is -6.17. The van der Waals surface area contributed by atoms with Crippen molar-refractivity contribution >= 4 is 46.3 Å². The van der Waals surface area contributed by atoms with Crippen LogP contribution in [0.15, 0.2) is 78.4 Å². The molecule has 11 rings (SSSR count). The number of likely N-dealkylation sites (tertiary alicyclic amines) is 2. The number of benzene rings is 2. The number of aromatic hydroxyl groups is 1. The monoisotopic (exact) mass is 1010 g/mol. The number of fused-ring (bicyclic) bond motifs is 2. The van der Waals surface area contributed by atoms with E-state index >= 15 is 0 Å². The fourth-order valence-electron chi connectivity index (χ4n) is 13.1. The van der Waals surface area contributed by atoms with Crippen LogP contribution in [0.2, 0.25) is 0 Å². The molecule has 2 aliphatic carbocycles. The van der Waals surface area contributed by atoms with E-state index in [1.807, 2.05) is 58.0 Å². The summed E-state index contributed by atoms with van der Waals surface area (Å²) < 4.78 is 0. The summed E-state index contributed by atoms with van der Waals surface area (Å²) in [6.45, 7) is 11.9. The second-order valence-corrected chi connectivity index (χ2v) is 23.9. The number of thiazole rings is 1. The highest BCUT2D eigenvalue weighted by molar-refractivity contribution is 7.13. The highest BCUT2D eigenvalue weighted by Crippen LogP contribution is 2.60. The molecular weight excluding hydrogens is 939 g/mol. The molecule has 7 heterocycles. The minimum Gasteiger partial charge on any atom is -0.507 e. The number of nitrogens with zero attached hydrogens (tertiary/aromatic N) is 8. The highest BCUT2D eigenvalue weighted by Gasteiger charge is 2.57. The minimum absolute atomic E-state index is 0.0376. The zero-order valence-corrected chi connectivity index (χ0v) is 43.2. The molecule has 3 aromatic heterocycles. The number of phenolic OH excluding ortho intramolecular Hbond substituents is 1. The second-order valence-electron chi connectivity index (χ2n) is 23.0. The first-order chi connectivity index (χ1) is 35.1. The Morgan fingerprint density at radius 3 is 2.25 bits per heavy atom. The Morgan fingerprint density at radius 2 is 1.59 bits per heavy atom. The van der Waals surface area contributed by atoms with Gasteiger partial charge < -0.3 is 46.2 Å². The molecule has 17 heteroatoms. The fourth-order valence-corrected chi connectivity index (χ4v) is 13.9. The van der Waals surface area contributed by atoms with Crippen molar-refractivity contribution < 1.29 is 24.6 Å². The number of aryl methyl sites for hydroxylation is 1. The summed E-state index contributed by atoms with van der Waals surface area (Å²) in [5.41, 5.74) is 15.2. The number of phenols is 1. The number of aliphatic hydroxyl groups excluding tert-OH is 1. The third-order valence-electron chi connectivity index (χ3n) is 17.1. The van der Waals surface area contributed by atoms with Crippen LogP contribution in [-0.4, -0.2) is 127 Å². The maximum atomic E-state index is 14.3. The van der Waals surface area contributed by atoms with Gasteiger partial charge in [0.15, 0.2) is 5.82 Å². The largest absolute Gasteiger partial charge is 0.507 e. The topological polar surface area (TPSA) is 206 Å². The van der Waals surface area contributed by atoms with Gasteiger partial charge in [-0.3, -0.25) is 19.4 Å². The normalized spacial score (nSPS) is 26.6. The quantitative estimate of drug-likeness (QED) is 0.0888. The van der Waals surface area contributed by atoms with Gasteiger partial charge in [0.05, 0.1) is 39.3 Å². The molecule has 4 aliphatic heterocycles. The number of para-hydroxylation sites is 1. The molecule has 1 spiro atoms. The van der Waals surface area contributed by atoms with Gasteiger partial charge in [0.25, 0.3) is 0 Å². The molecule has 16 nitrogen and oxygen atoms in total. The number of β-amino-alcohol motifs (C(OH)–C–C–N with tert-alkyl or cyclic N) is 1. The molecule has 0 radical (unpaired) electrons. The number of piperidine rings is 1. The summed E-state index contributed by atoms with van der Waals surface area (Å²) in [6, 6.07) is 22.0. The summed E-state index contributed by atoms with van der Waals surface area (Å²) in [7, 11) is 0. The summed E-state index contributed by atoms with van der Waals surface area (Å²) >= 11 is 1.53. The number of amides is 3. The first-order valence-corrected chi connectivity index (χ1v) is 27.2. The predicted octanol–water partition coefficient (Wildman–Crippen LogP) is 6.66. The molecule has 5 atom stereocenters. The van der Waals surface area contributed by atoms with E-state index in [1.165, 1.54) is 27.5 Å². The molecule has 384 valence electrons. The number of anilines is 3. The van der Waals surface area contributed by atoms with Crippen LogP contribution < -0.4 is 26.2 Å². The lowest BCUT2D eigenvalue weighted by Gasteiger charge is -2.60. The Balaban J connectivity index is 0.631. The van der Waals surface area contributed by atoms with Crippen LogP contribution in [0.4, 0.5) is 17.2 Å². The van der Waals surface area contributed by atoms with Crippen molar-refractivity contribution in [3.8, 4) is 27.6 Å². The summed E-state index contributed by atoms with van der Waals surface area (Å²) in [5, 5.41) is 35.9. The van der Waals surface area contributed by atoms with E-state index in [9.17, 15) is 24.6 Å². The zero-order valence-electron chi connectivity index (χ0n) is 42.4. The molecule has 6 aliphatic rings. The fraction of sp³-hybridized carbons (Fsp3) is 0.518. The van der Waals surface area contributed by atoms with Crippen molar-refractivity contribution in [2.75, 3.05) is 48.3 Å². The molecule has 4 saturated heterocycles. The standard InChI is InChI=1S/C56H69N11O5S/c1-33-49(73-32-60-33)44-16-9-34(27-58-44)28-59-53(71)47-21-42(68)31-66(47)54(72)50(55(2,3)4)61-52(70)37-23-56(24-37)25-41(26-56)64-19-17-36(18-20-64)35-10-12-38(13-11-35)67-39-14-15-40(67)30-65(29-39)46-22-45(62-63-51(46)57)43-7-5-6-8-48(43)69/h5-13,16,22,27,32,36-37,39-42,47,50,68-69H,14-15,17-21,23-26,28-31H2,1-4H3,(H2,57,63)(H,59,71)(H,61,70)/t37?,39?,40?,41?,42-,47+,50-,56?/m1/s1. The highest BCUT2D eigenvalue weighted by atomic mass is 32.1. The lowest BCUT2D eigenvalue weighted by atomic mass is 9.49. The summed E-state index contributed by atoms with van der Waals surface area (Å²) in [4.78, 5) is 60.7. The SMILES string of the molecule is Cc1ncsc1-c1ccc(CNC(=O)[C@@H]2C[C@@H](O)CN2C(=O)[C@@H](NC(=O)C2CC3(C2)CC(N2CCC(c4ccc(N5C6CCC5CN(c5cc(-c7ccccc7O)nnc5N)C6)cc4)CC2)C3)C(C)(C)C)cn1. The number of aromatic nitrogens is 4. The Kier molecular flexibility index (Phi) is 13.2. The van der Waals surface area contributed by atoms with Crippen LogP contribution >= 0.6 is 11.3 Å². The molecule has 2 aromatic carbocycles. The molecular formula is C56H69N11O5S. The number of carbonyl (C=O) groups is 3. The van der Waals surface area contributed by atoms with Gasteiger partial charge in [0, 0.05) is 74.1 Å². The van der Waals surface area contributed by atoms with Gasteiger partial charge in [-0.05, 0) is 136 Å². The van der Waals surface area contributed by atoms with Gasteiger partial charge in [0.2, 0.25) is 17.7 Å². The van der Waals surface area contributed by atoms with Gasteiger partial charge in [-0.1, -0.05) is 51.1 Å². The predicted molar refractivity (Wildman–Crippen MR) is 283 cm³/mol. The maximum Gasteiger partial charge on any atom is 0.246 e. The second kappa shape index (κ2) is 19.6. The number of nitrogens with one attached hydrogen (secondary N) is 2. The van der Waals surface area contributed by atoms with Gasteiger partial charge in [-0.15, -0.1) is 21.5 Å². The van der Waals surface area contributed by atoms with Gasteiger partial charge in [0.1, 0.15) is 17.8 Å². The van der Waals surface area contributed by atoms with E-state index < -0.39 is 23.6 Å². The molecule has 3 amide bonds. The smallest absolute Gasteiger partial charge is 0.246 e. The number of hydrogen-bond donors (Lipinski definition) is 5. The van der Waals surface area contributed by atoms with E-state index in [4.69, 9.17) is 5.73 Å². The molecule has 2 unspecified atom stereocenters. The number of nitrogens with two attached hydrogens (primary N) is 1. The van der Waals surface area contributed by atoms with E-state index in [2.05, 4.69) is 69.8 Å². The van der Waals surface area contributed by atoms with E-state index in [0.29, 0.717) is 41.1 Å². The Labute approximate surface area is 431 Å². The molecule has 73 heavy (non-hydrogen) atoms. The number of nitrogen functional groups attached to an aromatic ring is 1. The van der Waals surface area contributed by atoms with Gasteiger partial charge >= 0.3 is 0 Å². The number of carbonyl (C=O) groups excluding carboxylic acids is 3. The van der Waals surface area contributed by atoms with Crippen molar-refractivity contribution in [2.45, 2.75) is 134 Å². The van der Waals surface area contributed by atoms with Crippen LogP contribution in [0.25, 0.3) is 21.8 Å². The van der Waals surface area contributed by atoms with Crippen LogP contribution in [0.1, 0.15) is 101 Å². The third kappa shape index (κ3) is 9.75. The molecule has 6 fully saturated rings. The molecule has 5 aromatic rings. The van der Waals surface area contributed by atoms with E-state index in [0.717, 1.165) is 105 Å². The van der Waals surface area contributed by atoms with Crippen LogP contribution in [0, 0.1) is 23.7 Å². The van der Waals surface area contributed by atoms with Crippen LogP contribution in [-0.2, 0) is 20.9 Å². The first kappa shape index (κ1) is 49.1. The number of rotatable bonds is 12. The molecule has 2 saturated carbocycles. The number of piperazine rings is 1. The Bertz CT molecular complexity index is 2820. The number of pyridine rings is 1. The molecule has 6 N–H and O–H groups in total. The maximum absolute atomic E-state index is 14.3. The lowest BCUT2D eigenvalue weighted by Crippen LogP contribution is -2.62. The lowest BCUT2D eigenvalue weighted by molar-refractivity contribution is -0.150. The number of aliphatic hydroxyl groups is 1. The summed E-state index contributed by atoms with van der Waals surface area (Å²) in [6.07, 6.45) is 9.46.